The fourth-order valence-electron chi connectivity index (χ4n) is 1.37. The second kappa shape index (κ2) is 3.06. The quantitative estimate of drug-likeness (QED) is 0.695. The molecule has 0 aliphatic carbocycles. The Balaban J connectivity index is 2.80. The number of fused-ring (bicyclic) bond motifs is 1. The summed E-state index contributed by atoms with van der Waals surface area (Å²) >= 11 is 5.92. The van der Waals surface area contributed by atoms with Gasteiger partial charge >= 0.3 is 0 Å². The summed E-state index contributed by atoms with van der Waals surface area (Å²) in [4.78, 5) is 12.2. The summed E-state index contributed by atoms with van der Waals surface area (Å²) in [7, 11) is 0. The zero-order valence-corrected chi connectivity index (χ0v) is 9.58. The fourth-order valence-corrected chi connectivity index (χ4v) is 1.59. The van der Waals surface area contributed by atoms with Gasteiger partial charge in [0.25, 0.3) is 0 Å². The molecule has 2 N–H and O–H groups in total. The van der Waals surface area contributed by atoms with E-state index in [1.165, 1.54) is 0 Å². The topological polar surface area (TPSA) is 69.6 Å². The van der Waals surface area contributed by atoms with Crippen molar-refractivity contribution in [2.45, 2.75) is 26.3 Å². The molecule has 2 heterocycles. The first-order valence-electron chi connectivity index (χ1n) is 4.56. The van der Waals surface area contributed by atoms with Crippen LogP contribution in [0.2, 0.25) is 5.15 Å². The molecule has 0 radical (unpaired) electrons. The number of rotatable bonds is 0. The molecule has 0 aliphatic rings. The van der Waals surface area contributed by atoms with Gasteiger partial charge in [-0.1, -0.05) is 11.6 Å². The zero-order valence-electron chi connectivity index (χ0n) is 8.82. The number of hydrogen-bond donors (Lipinski definition) is 1. The Kier molecular flexibility index (Phi) is 2.08. The van der Waals surface area contributed by atoms with Gasteiger partial charge in [-0.15, -0.1) is 0 Å². The smallest absolute Gasteiger partial charge is 0.223 e. The van der Waals surface area contributed by atoms with Crippen LogP contribution in [0.1, 0.15) is 20.8 Å². The van der Waals surface area contributed by atoms with E-state index in [9.17, 15) is 0 Å². The van der Waals surface area contributed by atoms with E-state index in [2.05, 4.69) is 35.7 Å². The Morgan fingerprint density at radius 2 is 2.00 bits per heavy atom. The van der Waals surface area contributed by atoms with Crippen molar-refractivity contribution in [1.29, 1.82) is 0 Å². The van der Waals surface area contributed by atoms with E-state index in [1.807, 2.05) is 4.57 Å². The van der Waals surface area contributed by atoms with Gasteiger partial charge in [-0.3, -0.25) is 0 Å². The molecule has 0 aliphatic heterocycles. The van der Waals surface area contributed by atoms with Gasteiger partial charge in [0, 0.05) is 5.54 Å². The zero-order chi connectivity index (χ0) is 11.2. The normalized spacial score (nSPS) is 12.3. The Morgan fingerprint density at radius 3 is 2.60 bits per heavy atom. The summed E-state index contributed by atoms with van der Waals surface area (Å²) in [6, 6.07) is 0. The third-order valence-corrected chi connectivity index (χ3v) is 2.36. The second-order valence-electron chi connectivity index (χ2n) is 4.33. The van der Waals surface area contributed by atoms with Crippen LogP contribution in [0.3, 0.4) is 0 Å². The molecule has 2 aromatic rings. The van der Waals surface area contributed by atoms with Gasteiger partial charge < -0.3 is 10.3 Å². The van der Waals surface area contributed by atoms with Crippen molar-refractivity contribution in [1.82, 2.24) is 19.5 Å². The Bertz CT molecular complexity index is 511. The number of halogens is 1. The standard InChI is InChI=1S/C9H12ClN5/c1-9(2,3)15-4-12-5-6(10)13-8(11)14-7(5)15/h4H,1-3H3,(H2,11,13,14). The molecule has 2 rings (SSSR count). The summed E-state index contributed by atoms with van der Waals surface area (Å²) < 4.78 is 1.92. The van der Waals surface area contributed by atoms with E-state index in [1.54, 1.807) is 6.33 Å². The SMILES string of the molecule is CC(C)(C)n1cnc2c(Cl)nc(N)nc21. The van der Waals surface area contributed by atoms with Gasteiger partial charge in [0.1, 0.15) is 5.52 Å². The third-order valence-electron chi connectivity index (χ3n) is 2.09. The molecule has 80 valence electrons. The molecule has 0 spiro atoms. The minimum atomic E-state index is -0.112. The number of hydrogen-bond acceptors (Lipinski definition) is 4. The molecule has 0 fully saturated rings. The van der Waals surface area contributed by atoms with Crippen LogP contribution < -0.4 is 5.73 Å². The predicted molar refractivity (Wildman–Crippen MR) is 59.7 cm³/mol. The largest absolute Gasteiger partial charge is 0.368 e. The van der Waals surface area contributed by atoms with Crippen molar-refractivity contribution in [3.8, 4) is 0 Å². The lowest BCUT2D eigenvalue weighted by molar-refractivity contribution is 0.406. The number of nitrogens with two attached hydrogens (primary N) is 1. The molecule has 5 nitrogen and oxygen atoms in total. The molecule has 0 bridgehead atoms. The molecule has 2 aromatic heterocycles. The fraction of sp³-hybridized carbons (Fsp3) is 0.444. The maximum absolute atomic E-state index is 5.92. The van der Waals surface area contributed by atoms with Crippen molar-refractivity contribution < 1.29 is 0 Å². The Hall–Kier alpha value is -1.36. The molecule has 6 heteroatoms. The highest BCUT2D eigenvalue weighted by atomic mass is 35.5. The van der Waals surface area contributed by atoms with Gasteiger partial charge in [0.05, 0.1) is 6.33 Å². The average Bonchev–Trinajstić information content (AvgIpc) is 2.45. The van der Waals surface area contributed by atoms with Crippen LogP contribution in [-0.2, 0) is 5.54 Å². The molecule has 0 saturated heterocycles. The van der Waals surface area contributed by atoms with Crippen LogP contribution in [0.25, 0.3) is 11.2 Å². The van der Waals surface area contributed by atoms with Crippen molar-refractivity contribution in [3.05, 3.63) is 11.5 Å². The molecule has 0 atom stereocenters. The second-order valence-corrected chi connectivity index (χ2v) is 4.69. The molecule has 0 saturated carbocycles. The lowest BCUT2D eigenvalue weighted by atomic mass is 10.1. The molecular weight excluding hydrogens is 214 g/mol. The summed E-state index contributed by atoms with van der Waals surface area (Å²) in [6.45, 7) is 6.17. The lowest BCUT2D eigenvalue weighted by Gasteiger charge is -2.20. The van der Waals surface area contributed by atoms with Crippen LogP contribution in [0.4, 0.5) is 5.95 Å². The molecule has 0 unspecified atom stereocenters. The van der Waals surface area contributed by atoms with E-state index >= 15 is 0 Å². The van der Waals surface area contributed by atoms with E-state index < -0.39 is 0 Å². The summed E-state index contributed by atoms with van der Waals surface area (Å²) in [5.74, 6) is 0.165. The van der Waals surface area contributed by atoms with Crippen molar-refractivity contribution in [2.24, 2.45) is 0 Å². The monoisotopic (exact) mass is 225 g/mol. The van der Waals surface area contributed by atoms with Crippen LogP contribution in [0.15, 0.2) is 6.33 Å². The average molecular weight is 226 g/mol. The van der Waals surface area contributed by atoms with Crippen LogP contribution in [-0.4, -0.2) is 19.5 Å². The summed E-state index contributed by atoms with van der Waals surface area (Å²) in [6.07, 6.45) is 1.70. The highest BCUT2D eigenvalue weighted by molar-refractivity contribution is 6.33. The van der Waals surface area contributed by atoms with Gasteiger partial charge in [-0.05, 0) is 20.8 Å². The van der Waals surface area contributed by atoms with E-state index in [-0.39, 0.29) is 11.5 Å². The Labute approximate surface area is 92.3 Å². The molecular formula is C9H12ClN5. The number of nitrogen functional groups attached to an aromatic ring is 1. The minimum Gasteiger partial charge on any atom is -0.368 e. The van der Waals surface area contributed by atoms with E-state index in [0.717, 1.165) is 0 Å². The molecule has 15 heavy (non-hydrogen) atoms. The number of imidazole rings is 1. The van der Waals surface area contributed by atoms with E-state index in [0.29, 0.717) is 16.3 Å². The van der Waals surface area contributed by atoms with E-state index in [4.69, 9.17) is 17.3 Å². The van der Waals surface area contributed by atoms with Gasteiger partial charge in [0.2, 0.25) is 5.95 Å². The van der Waals surface area contributed by atoms with Gasteiger partial charge in [-0.2, -0.15) is 9.97 Å². The minimum absolute atomic E-state index is 0.112. The third kappa shape index (κ3) is 1.63. The first kappa shape index (κ1) is 10.2. The highest BCUT2D eigenvalue weighted by Gasteiger charge is 2.19. The maximum Gasteiger partial charge on any atom is 0.223 e. The highest BCUT2D eigenvalue weighted by Crippen LogP contribution is 2.24. The number of aromatic nitrogens is 4. The first-order valence-corrected chi connectivity index (χ1v) is 4.94. The first-order chi connectivity index (χ1) is 6.89. The maximum atomic E-state index is 5.92. The number of nitrogens with zero attached hydrogens (tertiary/aromatic N) is 4. The van der Waals surface area contributed by atoms with Crippen LogP contribution >= 0.6 is 11.6 Å². The summed E-state index contributed by atoms with van der Waals surface area (Å²) in [5, 5.41) is 0.292. The van der Waals surface area contributed by atoms with Crippen molar-refractivity contribution in [3.63, 3.8) is 0 Å². The molecule has 0 aromatic carbocycles. The lowest BCUT2D eigenvalue weighted by Crippen LogP contribution is -2.21. The van der Waals surface area contributed by atoms with Crippen molar-refractivity contribution in [2.75, 3.05) is 5.73 Å². The Morgan fingerprint density at radius 1 is 1.33 bits per heavy atom. The van der Waals surface area contributed by atoms with Crippen molar-refractivity contribution >= 4 is 28.7 Å². The predicted octanol–water partition coefficient (Wildman–Crippen LogP) is 1.82. The van der Waals surface area contributed by atoms with Crippen LogP contribution in [0, 0.1) is 0 Å². The molecule has 0 amide bonds. The van der Waals surface area contributed by atoms with Gasteiger partial charge in [-0.25, -0.2) is 4.98 Å². The number of anilines is 1. The van der Waals surface area contributed by atoms with Crippen LogP contribution in [0.5, 0.6) is 0 Å². The summed E-state index contributed by atoms with van der Waals surface area (Å²) in [5.41, 5.74) is 6.69. The van der Waals surface area contributed by atoms with Gasteiger partial charge in [0.15, 0.2) is 10.8 Å².